The molecule has 0 radical (unpaired) electrons. The molecule has 0 aromatic carbocycles. The highest BCUT2D eigenvalue weighted by atomic mass is 32.2. The number of thiazole rings is 1. The van der Waals surface area contributed by atoms with Gasteiger partial charge < -0.3 is 9.64 Å². The molecule has 0 spiro atoms. The second-order valence-corrected chi connectivity index (χ2v) is 9.54. The van der Waals surface area contributed by atoms with Gasteiger partial charge >= 0.3 is 11.6 Å². The third kappa shape index (κ3) is 5.85. The standard InChI is InChI=1S/C18H19F3N4O3S2/c1-17(2,3)28-16(27)25-8-6-11-12(9-25)29-15(23-11)24-13(26)10-5-4-7-22-14(10)30-18(19,20)21/h4-5,7H,6,8-9H2,1-3H3,(H,23,24,26). The quantitative estimate of drug-likeness (QED) is 0.669. The summed E-state index contributed by atoms with van der Waals surface area (Å²) in [5, 5.41) is 2.36. The van der Waals surface area contributed by atoms with Crippen molar-refractivity contribution in [2.75, 3.05) is 11.9 Å². The molecular formula is C18H19F3N4O3S2. The SMILES string of the molecule is CC(C)(C)OC(=O)N1CCc2nc(NC(=O)c3cccnc3SC(F)(F)F)sc2C1. The molecule has 30 heavy (non-hydrogen) atoms. The van der Waals surface area contributed by atoms with Gasteiger partial charge in [-0.25, -0.2) is 14.8 Å². The van der Waals surface area contributed by atoms with E-state index in [-0.39, 0.29) is 10.7 Å². The number of aromatic nitrogens is 2. The van der Waals surface area contributed by atoms with Crippen LogP contribution in [0.3, 0.4) is 0 Å². The van der Waals surface area contributed by atoms with Crippen molar-refractivity contribution in [2.24, 2.45) is 0 Å². The Morgan fingerprint density at radius 1 is 1.30 bits per heavy atom. The molecule has 1 aliphatic heterocycles. The number of thioether (sulfide) groups is 1. The number of hydrogen-bond donors (Lipinski definition) is 1. The topological polar surface area (TPSA) is 84.4 Å². The maximum Gasteiger partial charge on any atom is 0.447 e. The van der Waals surface area contributed by atoms with E-state index in [2.05, 4.69) is 15.3 Å². The van der Waals surface area contributed by atoms with Crippen LogP contribution in [-0.4, -0.2) is 44.5 Å². The smallest absolute Gasteiger partial charge is 0.444 e. The second-order valence-electron chi connectivity index (χ2n) is 7.40. The molecule has 0 saturated heterocycles. The van der Waals surface area contributed by atoms with Gasteiger partial charge in [-0.2, -0.15) is 13.2 Å². The highest BCUT2D eigenvalue weighted by Crippen LogP contribution is 2.37. The molecule has 0 saturated carbocycles. The lowest BCUT2D eigenvalue weighted by atomic mass is 10.2. The molecule has 1 N–H and O–H groups in total. The molecule has 162 valence electrons. The monoisotopic (exact) mass is 460 g/mol. The van der Waals surface area contributed by atoms with E-state index in [0.717, 1.165) is 10.6 Å². The van der Waals surface area contributed by atoms with Crippen LogP contribution < -0.4 is 5.32 Å². The normalized spacial score (nSPS) is 14.3. The molecule has 2 aromatic rings. The lowest BCUT2D eigenvalue weighted by Gasteiger charge is -2.29. The minimum absolute atomic E-state index is 0.191. The zero-order chi connectivity index (χ0) is 22.1. The maximum absolute atomic E-state index is 12.7. The molecule has 7 nitrogen and oxygen atoms in total. The Labute approximate surface area is 179 Å². The molecule has 0 atom stereocenters. The Hall–Kier alpha value is -2.34. The van der Waals surface area contributed by atoms with E-state index in [1.807, 2.05) is 0 Å². The summed E-state index contributed by atoms with van der Waals surface area (Å²) in [6.07, 6.45) is 1.25. The van der Waals surface area contributed by atoms with Crippen LogP contribution in [0.4, 0.5) is 23.1 Å². The molecule has 1 aliphatic rings. The lowest BCUT2D eigenvalue weighted by molar-refractivity contribution is -0.0329. The molecule has 3 heterocycles. The van der Waals surface area contributed by atoms with Gasteiger partial charge in [0.2, 0.25) is 0 Å². The number of anilines is 1. The molecule has 2 aromatic heterocycles. The summed E-state index contributed by atoms with van der Waals surface area (Å²) < 4.78 is 43.5. The van der Waals surface area contributed by atoms with Crippen molar-refractivity contribution in [1.82, 2.24) is 14.9 Å². The minimum Gasteiger partial charge on any atom is -0.444 e. The molecule has 0 unspecified atom stereocenters. The number of ether oxygens (including phenoxy) is 1. The number of hydrogen-bond acceptors (Lipinski definition) is 7. The zero-order valence-electron chi connectivity index (χ0n) is 16.4. The molecule has 12 heteroatoms. The van der Waals surface area contributed by atoms with Gasteiger partial charge in [0.05, 0.1) is 17.8 Å². The summed E-state index contributed by atoms with van der Waals surface area (Å²) in [5.74, 6) is -0.732. The van der Waals surface area contributed by atoms with Crippen LogP contribution >= 0.6 is 23.1 Å². The summed E-state index contributed by atoms with van der Waals surface area (Å²) in [4.78, 5) is 35.1. The number of alkyl halides is 3. The first-order valence-corrected chi connectivity index (χ1v) is 10.5. The van der Waals surface area contributed by atoms with Crippen molar-refractivity contribution in [1.29, 1.82) is 0 Å². The zero-order valence-corrected chi connectivity index (χ0v) is 18.0. The van der Waals surface area contributed by atoms with E-state index >= 15 is 0 Å². The van der Waals surface area contributed by atoms with Crippen LogP contribution in [0.5, 0.6) is 0 Å². The number of amides is 2. The number of fused-ring (bicyclic) bond motifs is 1. The fraction of sp³-hybridized carbons (Fsp3) is 0.444. The number of nitrogens with one attached hydrogen (secondary N) is 1. The molecule has 0 aliphatic carbocycles. The van der Waals surface area contributed by atoms with Crippen molar-refractivity contribution in [3.8, 4) is 0 Å². The van der Waals surface area contributed by atoms with E-state index in [1.54, 1.807) is 25.7 Å². The van der Waals surface area contributed by atoms with Crippen molar-refractivity contribution in [3.63, 3.8) is 0 Å². The van der Waals surface area contributed by atoms with Crippen molar-refractivity contribution in [2.45, 2.75) is 49.9 Å². The number of pyridine rings is 1. The average molecular weight is 461 g/mol. The predicted molar refractivity (Wildman–Crippen MR) is 107 cm³/mol. The summed E-state index contributed by atoms with van der Waals surface area (Å²) in [6, 6.07) is 2.66. The largest absolute Gasteiger partial charge is 0.447 e. The van der Waals surface area contributed by atoms with Crippen LogP contribution in [0.2, 0.25) is 0 Å². The van der Waals surface area contributed by atoms with Gasteiger partial charge in [0.15, 0.2) is 5.13 Å². The Kier molecular flexibility index (Phi) is 6.27. The second kappa shape index (κ2) is 8.42. The molecule has 2 amide bonds. The lowest BCUT2D eigenvalue weighted by Crippen LogP contribution is -2.39. The highest BCUT2D eigenvalue weighted by Gasteiger charge is 2.33. The van der Waals surface area contributed by atoms with E-state index in [0.29, 0.717) is 19.5 Å². The summed E-state index contributed by atoms with van der Waals surface area (Å²) in [5.41, 5.74) is -4.62. The van der Waals surface area contributed by atoms with Gasteiger partial charge in [0.1, 0.15) is 10.6 Å². The third-order valence-electron chi connectivity index (χ3n) is 3.83. The fourth-order valence-electron chi connectivity index (χ4n) is 2.65. The van der Waals surface area contributed by atoms with Crippen molar-refractivity contribution in [3.05, 3.63) is 34.5 Å². The van der Waals surface area contributed by atoms with Gasteiger partial charge in [-0.05, 0) is 32.9 Å². The van der Waals surface area contributed by atoms with Crippen LogP contribution in [0.15, 0.2) is 23.4 Å². The van der Waals surface area contributed by atoms with Gasteiger partial charge in [0.25, 0.3) is 5.91 Å². The van der Waals surface area contributed by atoms with E-state index < -0.39 is 39.9 Å². The summed E-state index contributed by atoms with van der Waals surface area (Å²) in [6.45, 7) is 6.06. The highest BCUT2D eigenvalue weighted by molar-refractivity contribution is 8.00. The number of carbonyl (C=O) groups is 2. The van der Waals surface area contributed by atoms with Gasteiger partial charge in [0, 0.05) is 35.8 Å². The Balaban J connectivity index is 1.71. The first-order valence-electron chi connectivity index (χ1n) is 8.90. The van der Waals surface area contributed by atoms with Gasteiger partial charge in [-0.1, -0.05) is 11.3 Å². The fourth-order valence-corrected chi connectivity index (χ4v) is 4.27. The third-order valence-corrected chi connectivity index (χ3v) is 5.58. The number of carbonyl (C=O) groups excluding carboxylic acids is 2. The van der Waals surface area contributed by atoms with Crippen LogP contribution in [0.25, 0.3) is 0 Å². The van der Waals surface area contributed by atoms with Crippen molar-refractivity contribution >= 4 is 40.2 Å². The van der Waals surface area contributed by atoms with Gasteiger partial charge in [-0.3, -0.25) is 10.1 Å². The van der Waals surface area contributed by atoms with Gasteiger partial charge in [-0.15, -0.1) is 0 Å². The maximum atomic E-state index is 12.7. The molecule has 0 fully saturated rings. The van der Waals surface area contributed by atoms with Crippen LogP contribution in [0.1, 0.15) is 41.7 Å². The Bertz CT molecular complexity index is 957. The van der Waals surface area contributed by atoms with E-state index in [9.17, 15) is 22.8 Å². The first-order chi connectivity index (χ1) is 13.9. The first kappa shape index (κ1) is 22.3. The molecular weight excluding hydrogens is 441 g/mol. The molecule has 0 bridgehead atoms. The number of nitrogens with zero attached hydrogens (tertiary/aromatic N) is 3. The molecule has 3 rings (SSSR count). The number of halogens is 3. The summed E-state index contributed by atoms with van der Waals surface area (Å²) >= 11 is 0.729. The van der Waals surface area contributed by atoms with Crippen LogP contribution in [0, 0.1) is 0 Å². The Morgan fingerprint density at radius 2 is 2.03 bits per heavy atom. The number of rotatable bonds is 3. The minimum atomic E-state index is -4.56. The predicted octanol–water partition coefficient (Wildman–Crippen LogP) is 4.70. The van der Waals surface area contributed by atoms with Crippen LogP contribution in [-0.2, 0) is 17.7 Å². The summed E-state index contributed by atoms with van der Waals surface area (Å²) in [7, 11) is 0. The van der Waals surface area contributed by atoms with Crippen molar-refractivity contribution < 1.29 is 27.5 Å². The van der Waals surface area contributed by atoms with E-state index in [4.69, 9.17) is 4.74 Å². The average Bonchev–Trinajstić information content (AvgIpc) is 3.00. The van der Waals surface area contributed by atoms with E-state index in [1.165, 1.54) is 29.7 Å². The Morgan fingerprint density at radius 3 is 2.70 bits per heavy atom.